The Morgan fingerprint density at radius 3 is 2.95 bits per heavy atom. The molecule has 21 heavy (non-hydrogen) atoms. The highest BCUT2D eigenvalue weighted by atomic mass is 32.1. The molecule has 1 aliphatic rings. The van der Waals surface area contributed by atoms with Crippen LogP contribution in [0.1, 0.15) is 27.2 Å². The maximum atomic E-state index is 5.92. The van der Waals surface area contributed by atoms with Crippen molar-refractivity contribution >= 4 is 17.0 Å². The van der Waals surface area contributed by atoms with Crippen molar-refractivity contribution in [2.45, 2.75) is 26.5 Å². The topological polar surface area (TPSA) is 51.4 Å². The molecule has 3 rings (SSSR count). The molecule has 0 saturated carbocycles. The first-order valence-electron chi connectivity index (χ1n) is 7.23. The average molecular weight is 303 g/mol. The summed E-state index contributed by atoms with van der Waals surface area (Å²) < 4.78 is 5.89. The van der Waals surface area contributed by atoms with Crippen LogP contribution in [0.3, 0.4) is 0 Å². The molecule has 112 valence electrons. The summed E-state index contributed by atoms with van der Waals surface area (Å²) in [7, 11) is 0. The number of pyridine rings is 1. The Hall–Kier alpha value is -1.43. The number of aromatic nitrogens is 1. The van der Waals surface area contributed by atoms with Crippen molar-refractivity contribution < 1.29 is 4.74 Å². The van der Waals surface area contributed by atoms with Gasteiger partial charge in [0, 0.05) is 40.8 Å². The Labute approximate surface area is 129 Å². The van der Waals surface area contributed by atoms with Crippen LogP contribution in [0.15, 0.2) is 24.3 Å². The first-order chi connectivity index (χ1) is 10.1. The molecule has 0 aliphatic carbocycles. The minimum atomic E-state index is 0.0157. The van der Waals surface area contributed by atoms with E-state index in [1.54, 1.807) is 0 Å². The van der Waals surface area contributed by atoms with Gasteiger partial charge in [0.05, 0.1) is 12.3 Å². The lowest BCUT2D eigenvalue weighted by Gasteiger charge is -2.32. The van der Waals surface area contributed by atoms with Crippen LogP contribution >= 0.6 is 11.3 Å². The van der Waals surface area contributed by atoms with Gasteiger partial charge in [0.1, 0.15) is 6.10 Å². The minimum absolute atomic E-state index is 0.0157. The molecule has 1 aliphatic heterocycles. The van der Waals surface area contributed by atoms with Crippen LogP contribution in [0.4, 0.5) is 5.69 Å². The van der Waals surface area contributed by atoms with Gasteiger partial charge in [0.2, 0.25) is 0 Å². The average Bonchev–Trinajstić information content (AvgIpc) is 2.83. The third kappa shape index (κ3) is 3.61. The number of rotatable bonds is 3. The number of ether oxygens (including phenoxy) is 1. The largest absolute Gasteiger partial charge is 0.399 e. The monoisotopic (exact) mass is 303 g/mol. The lowest BCUT2D eigenvalue weighted by molar-refractivity contribution is -0.0347. The molecule has 0 spiro atoms. The zero-order chi connectivity index (χ0) is 14.8. The highest BCUT2D eigenvalue weighted by Crippen LogP contribution is 2.25. The number of nitrogen functional groups attached to an aromatic ring is 1. The summed E-state index contributed by atoms with van der Waals surface area (Å²) in [5.41, 5.74) is 8.56. The summed E-state index contributed by atoms with van der Waals surface area (Å²) in [6.07, 6.45) is 0.0157. The van der Waals surface area contributed by atoms with Crippen molar-refractivity contribution in [3.63, 3.8) is 0 Å². The van der Waals surface area contributed by atoms with E-state index in [0.29, 0.717) is 0 Å². The van der Waals surface area contributed by atoms with Crippen molar-refractivity contribution in [3.8, 4) is 0 Å². The van der Waals surface area contributed by atoms with Crippen molar-refractivity contribution in [1.29, 1.82) is 0 Å². The Balaban J connectivity index is 1.70. The fourth-order valence-corrected chi connectivity index (χ4v) is 3.64. The van der Waals surface area contributed by atoms with Gasteiger partial charge in [-0.25, -0.2) is 0 Å². The first-order valence-corrected chi connectivity index (χ1v) is 8.05. The standard InChI is InChI=1S/C16H21N3OS/c1-11-7-13(17)8-15(18-11)16-10-19(5-6-20-16)9-14-4-3-12(2)21-14/h3-4,7-8,16H,5-6,9-10H2,1-2H3,(H2,17,18)/t16-/m1/s1. The lowest BCUT2D eigenvalue weighted by Crippen LogP contribution is -2.38. The fourth-order valence-electron chi connectivity index (χ4n) is 2.70. The summed E-state index contributed by atoms with van der Waals surface area (Å²) in [5.74, 6) is 0. The molecule has 0 bridgehead atoms. The molecular formula is C16H21N3OS. The number of hydrogen-bond donors (Lipinski definition) is 1. The van der Waals surface area contributed by atoms with Gasteiger partial charge in [-0.05, 0) is 38.1 Å². The molecule has 3 heterocycles. The molecule has 2 aromatic heterocycles. The van der Waals surface area contributed by atoms with E-state index in [9.17, 15) is 0 Å². The van der Waals surface area contributed by atoms with Gasteiger partial charge < -0.3 is 10.5 Å². The molecule has 1 atom stereocenters. The second-order valence-electron chi connectivity index (χ2n) is 5.57. The molecule has 0 amide bonds. The van der Waals surface area contributed by atoms with Crippen LogP contribution in [0.25, 0.3) is 0 Å². The third-order valence-electron chi connectivity index (χ3n) is 3.65. The molecule has 1 saturated heterocycles. The van der Waals surface area contributed by atoms with Gasteiger partial charge in [-0.2, -0.15) is 0 Å². The smallest absolute Gasteiger partial charge is 0.112 e. The predicted octanol–water partition coefficient (Wildman–Crippen LogP) is 2.92. The van der Waals surface area contributed by atoms with E-state index in [4.69, 9.17) is 10.5 Å². The second-order valence-corrected chi connectivity index (χ2v) is 6.95. The Kier molecular flexibility index (Phi) is 4.24. The van der Waals surface area contributed by atoms with Gasteiger partial charge in [-0.1, -0.05) is 0 Å². The van der Waals surface area contributed by atoms with E-state index in [2.05, 4.69) is 28.9 Å². The number of thiophene rings is 1. The van der Waals surface area contributed by atoms with Crippen LogP contribution in [-0.4, -0.2) is 29.6 Å². The summed E-state index contributed by atoms with van der Waals surface area (Å²) in [6.45, 7) is 7.68. The Morgan fingerprint density at radius 1 is 1.38 bits per heavy atom. The van der Waals surface area contributed by atoms with E-state index in [1.165, 1.54) is 9.75 Å². The highest BCUT2D eigenvalue weighted by molar-refractivity contribution is 7.11. The van der Waals surface area contributed by atoms with Crippen LogP contribution in [-0.2, 0) is 11.3 Å². The maximum Gasteiger partial charge on any atom is 0.112 e. The summed E-state index contributed by atoms with van der Waals surface area (Å²) in [6, 6.07) is 8.21. The van der Waals surface area contributed by atoms with Crippen LogP contribution in [0, 0.1) is 13.8 Å². The molecule has 2 N–H and O–H groups in total. The zero-order valence-electron chi connectivity index (χ0n) is 12.5. The first kappa shape index (κ1) is 14.5. The molecule has 1 fully saturated rings. The van der Waals surface area contributed by atoms with E-state index >= 15 is 0 Å². The number of aryl methyl sites for hydroxylation is 2. The van der Waals surface area contributed by atoms with Gasteiger partial charge in [-0.15, -0.1) is 11.3 Å². The van der Waals surface area contributed by atoms with Crippen LogP contribution < -0.4 is 5.73 Å². The predicted molar refractivity (Wildman–Crippen MR) is 86.4 cm³/mol. The SMILES string of the molecule is Cc1cc(N)cc([C@H]2CN(Cc3ccc(C)s3)CCO2)n1. The number of anilines is 1. The summed E-state index contributed by atoms with van der Waals surface area (Å²) in [4.78, 5) is 9.78. The number of hydrogen-bond acceptors (Lipinski definition) is 5. The fraction of sp³-hybridized carbons (Fsp3) is 0.438. The second kappa shape index (κ2) is 6.13. The molecular weight excluding hydrogens is 282 g/mol. The van der Waals surface area contributed by atoms with Gasteiger partial charge in [-0.3, -0.25) is 9.88 Å². The van der Waals surface area contributed by atoms with E-state index < -0.39 is 0 Å². The molecule has 2 aromatic rings. The van der Waals surface area contributed by atoms with Crippen molar-refractivity contribution in [2.24, 2.45) is 0 Å². The Morgan fingerprint density at radius 2 is 2.24 bits per heavy atom. The minimum Gasteiger partial charge on any atom is -0.399 e. The number of nitrogens with two attached hydrogens (primary N) is 1. The number of morpholine rings is 1. The normalized spacial score (nSPS) is 19.8. The van der Waals surface area contributed by atoms with Gasteiger partial charge >= 0.3 is 0 Å². The number of nitrogens with zero attached hydrogens (tertiary/aromatic N) is 2. The van der Waals surface area contributed by atoms with Gasteiger partial charge in [0.25, 0.3) is 0 Å². The quantitative estimate of drug-likeness (QED) is 0.947. The van der Waals surface area contributed by atoms with E-state index in [1.807, 2.05) is 30.4 Å². The van der Waals surface area contributed by atoms with E-state index in [0.717, 1.165) is 43.3 Å². The van der Waals surface area contributed by atoms with Crippen molar-refractivity contribution in [2.75, 3.05) is 25.4 Å². The van der Waals surface area contributed by atoms with Crippen LogP contribution in [0.2, 0.25) is 0 Å². The molecule has 0 unspecified atom stereocenters. The third-order valence-corrected chi connectivity index (χ3v) is 4.64. The van der Waals surface area contributed by atoms with Crippen molar-refractivity contribution in [3.05, 3.63) is 45.4 Å². The zero-order valence-corrected chi connectivity index (χ0v) is 13.3. The molecule has 0 aromatic carbocycles. The Bertz CT molecular complexity index is 605. The van der Waals surface area contributed by atoms with Crippen LogP contribution in [0.5, 0.6) is 0 Å². The molecule has 0 radical (unpaired) electrons. The lowest BCUT2D eigenvalue weighted by atomic mass is 10.1. The summed E-state index contributed by atoms with van der Waals surface area (Å²) >= 11 is 1.87. The van der Waals surface area contributed by atoms with E-state index in [-0.39, 0.29) is 6.10 Å². The highest BCUT2D eigenvalue weighted by Gasteiger charge is 2.23. The van der Waals surface area contributed by atoms with Crippen molar-refractivity contribution in [1.82, 2.24) is 9.88 Å². The molecule has 4 nitrogen and oxygen atoms in total. The summed E-state index contributed by atoms with van der Waals surface area (Å²) in [5, 5.41) is 0. The maximum absolute atomic E-state index is 5.92. The van der Waals surface area contributed by atoms with Gasteiger partial charge in [0.15, 0.2) is 0 Å². The molecule has 5 heteroatoms.